The number of nitrogens with zero attached hydrogens (tertiary/aromatic N) is 1. The normalized spacial score (nSPS) is 34.2. The van der Waals surface area contributed by atoms with Crippen molar-refractivity contribution in [3.63, 3.8) is 0 Å². The van der Waals surface area contributed by atoms with Gasteiger partial charge in [-0.15, -0.1) is 0 Å². The van der Waals surface area contributed by atoms with E-state index in [0.717, 1.165) is 11.0 Å². The Morgan fingerprint density at radius 1 is 1.33 bits per heavy atom. The third kappa shape index (κ3) is 2.82. The van der Waals surface area contributed by atoms with Gasteiger partial charge >= 0.3 is 0 Å². The van der Waals surface area contributed by atoms with Crippen LogP contribution in [0.1, 0.15) is 26.7 Å². The van der Waals surface area contributed by atoms with Crippen molar-refractivity contribution in [1.82, 2.24) is 15.5 Å². The van der Waals surface area contributed by atoms with Gasteiger partial charge in [-0.2, -0.15) is 0 Å². The predicted octanol–water partition coefficient (Wildman–Crippen LogP) is 0.953. The molecule has 0 radical (unpaired) electrons. The highest BCUT2D eigenvalue weighted by Crippen LogP contribution is 2.27. The number of nitrogens with one attached hydrogen (secondary N) is 2. The lowest BCUT2D eigenvalue weighted by molar-refractivity contribution is 0.0811. The van der Waals surface area contributed by atoms with Gasteiger partial charge in [0.05, 0.1) is 0 Å². The lowest BCUT2D eigenvalue weighted by Crippen LogP contribution is -2.59. The molecule has 4 heteroatoms. The van der Waals surface area contributed by atoms with Crippen LogP contribution in [0.3, 0.4) is 0 Å². The first-order valence-corrected chi connectivity index (χ1v) is 6.35. The molecule has 1 unspecified atom stereocenters. The zero-order valence-corrected chi connectivity index (χ0v) is 10.4. The fraction of sp³-hybridized carbons (Fsp3) is 0.909. The maximum Gasteiger partial charge on any atom is 0.166 e. The van der Waals surface area contributed by atoms with Crippen molar-refractivity contribution in [1.29, 1.82) is 0 Å². The molecule has 3 heterocycles. The van der Waals surface area contributed by atoms with Gasteiger partial charge < -0.3 is 15.5 Å². The zero-order chi connectivity index (χ0) is 10.8. The van der Waals surface area contributed by atoms with E-state index in [1.807, 2.05) is 0 Å². The van der Waals surface area contributed by atoms with Gasteiger partial charge in [0.1, 0.15) is 0 Å². The highest BCUT2D eigenvalue weighted by atomic mass is 32.1. The highest BCUT2D eigenvalue weighted by molar-refractivity contribution is 7.80. The summed E-state index contributed by atoms with van der Waals surface area (Å²) in [7, 11) is 0. The highest BCUT2D eigenvalue weighted by Gasteiger charge is 2.34. The molecule has 0 aliphatic carbocycles. The van der Waals surface area contributed by atoms with Gasteiger partial charge in [0.2, 0.25) is 0 Å². The van der Waals surface area contributed by atoms with Crippen molar-refractivity contribution >= 4 is 17.3 Å². The molecule has 3 nitrogen and oxygen atoms in total. The minimum Gasteiger partial charge on any atom is -0.361 e. The summed E-state index contributed by atoms with van der Waals surface area (Å²) >= 11 is 5.29. The van der Waals surface area contributed by atoms with Gasteiger partial charge in [-0.1, -0.05) is 0 Å². The zero-order valence-electron chi connectivity index (χ0n) is 9.62. The van der Waals surface area contributed by atoms with Crippen molar-refractivity contribution in [2.75, 3.05) is 19.6 Å². The number of fused-ring (bicyclic) bond motifs is 3. The van der Waals surface area contributed by atoms with Crippen LogP contribution in [0, 0.1) is 5.92 Å². The minimum atomic E-state index is 0.422. The molecule has 2 bridgehead atoms. The molecule has 2 N–H and O–H groups in total. The number of rotatable bonds is 2. The topological polar surface area (TPSA) is 27.3 Å². The van der Waals surface area contributed by atoms with Gasteiger partial charge in [-0.25, -0.2) is 0 Å². The van der Waals surface area contributed by atoms with Gasteiger partial charge in [0, 0.05) is 18.6 Å². The van der Waals surface area contributed by atoms with E-state index >= 15 is 0 Å². The molecular weight excluding hydrogens is 206 g/mol. The third-order valence-electron chi connectivity index (χ3n) is 3.39. The lowest BCUT2D eigenvalue weighted by atomic mass is 9.84. The smallest absolute Gasteiger partial charge is 0.166 e. The van der Waals surface area contributed by atoms with Gasteiger partial charge in [0.15, 0.2) is 5.11 Å². The quantitative estimate of drug-likeness (QED) is 0.687. The summed E-state index contributed by atoms with van der Waals surface area (Å²) in [5.41, 5.74) is 0. The molecular formula is C11H21N3S. The molecule has 3 rings (SSSR count). The van der Waals surface area contributed by atoms with Crippen LogP contribution in [0.15, 0.2) is 0 Å². The van der Waals surface area contributed by atoms with Crippen LogP contribution < -0.4 is 10.6 Å². The van der Waals surface area contributed by atoms with E-state index in [4.69, 9.17) is 12.2 Å². The van der Waals surface area contributed by atoms with E-state index in [0.29, 0.717) is 12.1 Å². The Labute approximate surface area is 97.6 Å². The molecule has 0 spiro atoms. The summed E-state index contributed by atoms with van der Waals surface area (Å²) in [4.78, 5) is 2.54. The van der Waals surface area contributed by atoms with Crippen molar-refractivity contribution in [2.45, 2.75) is 38.8 Å². The van der Waals surface area contributed by atoms with Crippen LogP contribution in [0.2, 0.25) is 0 Å². The molecule has 3 aliphatic heterocycles. The first kappa shape index (κ1) is 11.1. The van der Waals surface area contributed by atoms with Crippen LogP contribution in [0.25, 0.3) is 0 Å². The molecule has 0 amide bonds. The minimum absolute atomic E-state index is 0.422. The van der Waals surface area contributed by atoms with Crippen LogP contribution in [0.4, 0.5) is 0 Å². The van der Waals surface area contributed by atoms with E-state index in [9.17, 15) is 0 Å². The van der Waals surface area contributed by atoms with E-state index in [1.165, 1.54) is 32.5 Å². The standard InChI is InChI=1S/C11H21N3S/c1-8(2)12-11(15)13-10-7-14-5-3-9(10)4-6-14/h8-10H,3-7H2,1-2H3,(H2,12,13,15). The Morgan fingerprint density at radius 3 is 2.47 bits per heavy atom. The van der Waals surface area contributed by atoms with Crippen LogP contribution in [-0.4, -0.2) is 41.7 Å². The number of hydrogen-bond donors (Lipinski definition) is 2. The van der Waals surface area contributed by atoms with Gasteiger partial charge in [0.25, 0.3) is 0 Å². The van der Waals surface area contributed by atoms with Gasteiger partial charge in [-0.3, -0.25) is 0 Å². The molecule has 3 saturated heterocycles. The Bertz CT molecular complexity index is 234. The second kappa shape index (κ2) is 4.66. The van der Waals surface area contributed by atoms with Crippen LogP contribution >= 0.6 is 12.2 Å². The van der Waals surface area contributed by atoms with E-state index in [-0.39, 0.29) is 0 Å². The maximum absolute atomic E-state index is 5.29. The molecule has 15 heavy (non-hydrogen) atoms. The molecule has 3 fully saturated rings. The van der Waals surface area contributed by atoms with Gasteiger partial charge in [-0.05, 0) is 57.9 Å². The first-order chi connectivity index (χ1) is 7.15. The number of piperidine rings is 3. The molecule has 1 atom stereocenters. The van der Waals surface area contributed by atoms with Crippen LogP contribution in [-0.2, 0) is 0 Å². The second-order valence-corrected chi connectivity index (χ2v) is 5.43. The maximum atomic E-state index is 5.29. The summed E-state index contributed by atoms with van der Waals surface area (Å²) < 4.78 is 0. The summed E-state index contributed by atoms with van der Waals surface area (Å²) in [6.45, 7) is 7.97. The third-order valence-corrected chi connectivity index (χ3v) is 3.63. The molecule has 0 aromatic rings. The average molecular weight is 227 g/mol. The number of thiocarbonyl (C=S) groups is 1. The average Bonchev–Trinajstić information content (AvgIpc) is 2.17. The monoisotopic (exact) mass is 227 g/mol. The Kier molecular flexibility index (Phi) is 3.46. The first-order valence-electron chi connectivity index (χ1n) is 5.94. The predicted molar refractivity (Wildman–Crippen MR) is 67.0 cm³/mol. The number of hydrogen-bond acceptors (Lipinski definition) is 2. The van der Waals surface area contributed by atoms with E-state index in [1.54, 1.807) is 0 Å². The van der Waals surface area contributed by atoms with Crippen LogP contribution in [0.5, 0.6) is 0 Å². The molecule has 0 aromatic heterocycles. The Morgan fingerprint density at radius 2 is 2.00 bits per heavy atom. The molecule has 0 aromatic carbocycles. The summed E-state index contributed by atoms with van der Waals surface area (Å²) in [5.74, 6) is 0.835. The summed E-state index contributed by atoms with van der Waals surface area (Å²) in [6, 6.07) is 0.998. The second-order valence-electron chi connectivity index (χ2n) is 5.02. The van der Waals surface area contributed by atoms with Crippen molar-refractivity contribution in [2.24, 2.45) is 5.92 Å². The van der Waals surface area contributed by atoms with Crippen molar-refractivity contribution < 1.29 is 0 Å². The molecule has 0 saturated carbocycles. The SMILES string of the molecule is CC(C)NC(=S)NC1CN2CCC1CC2. The summed E-state index contributed by atoms with van der Waals surface area (Å²) in [6.07, 6.45) is 2.67. The fourth-order valence-corrected chi connectivity index (χ4v) is 2.99. The fourth-order valence-electron chi connectivity index (χ4n) is 2.60. The van der Waals surface area contributed by atoms with Crippen molar-refractivity contribution in [3.05, 3.63) is 0 Å². The molecule has 86 valence electrons. The Balaban J connectivity index is 1.82. The lowest BCUT2D eigenvalue weighted by Gasteiger charge is -2.45. The largest absolute Gasteiger partial charge is 0.361 e. The Hall–Kier alpha value is -0.350. The summed E-state index contributed by atoms with van der Waals surface area (Å²) in [5, 5.41) is 7.53. The van der Waals surface area contributed by atoms with Crippen molar-refractivity contribution in [3.8, 4) is 0 Å². The van der Waals surface area contributed by atoms with E-state index in [2.05, 4.69) is 29.4 Å². The molecule has 3 aliphatic rings. The van der Waals surface area contributed by atoms with E-state index < -0.39 is 0 Å².